The Labute approximate surface area is 176 Å². The van der Waals surface area contributed by atoms with Crippen molar-refractivity contribution in [3.05, 3.63) is 65.2 Å². The van der Waals surface area contributed by atoms with Gasteiger partial charge < -0.3 is 5.32 Å². The number of hydrogen-bond donors (Lipinski definition) is 1. The van der Waals surface area contributed by atoms with Crippen molar-refractivity contribution < 1.29 is 4.79 Å². The highest BCUT2D eigenvalue weighted by molar-refractivity contribution is 7.99. The van der Waals surface area contributed by atoms with Crippen LogP contribution in [0.2, 0.25) is 0 Å². The number of tetrazole rings is 1. The number of aromatic nitrogens is 4. The molecule has 1 aromatic heterocycles. The minimum Gasteiger partial charge on any atom is -0.349 e. The predicted molar refractivity (Wildman–Crippen MR) is 116 cm³/mol. The number of aryl methyl sites for hydroxylation is 1. The van der Waals surface area contributed by atoms with Crippen LogP contribution in [0.5, 0.6) is 0 Å². The van der Waals surface area contributed by atoms with Crippen molar-refractivity contribution >= 4 is 17.7 Å². The van der Waals surface area contributed by atoms with Crippen LogP contribution in [0.25, 0.3) is 5.69 Å². The Balaban J connectivity index is 1.62. The van der Waals surface area contributed by atoms with Gasteiger partial charge in [-0.15, -0.1) is 5.10 Å². The van der Waals surface area contributed by atoms with Crippen molar-refractivity contribution in [1.82, 2.24) is 25.5 Å². The molecule has 0 spiro atoms. The van der Waals surface area contributed by atoms with Crippen LogP contribution in [0, 0.1) is 6.92 Å². The van der Waals surface area contributed by atoms with Gasteiger partial charge in [-0.05, 0) is 52.9 Å². The molecule has 1 N–H and O–H groups in total. The zero-order valence-corrected chi connectivity index (χ0v) is 18.1. The molecule has 0 bridgehead atoms. The van der Waals surface area contributed by atoms with Gasteiger partial charge in [0, 0.05) is 0 Å². The summed E-state index contributed by atoms with van der Waals surface area (Å²) in [6.07, 6.45) is 0.833. The summed E-state index contributed by atoms with van der Waals surface area (Å²) in [6.45, 7) is 8.44. The second-order valence-electron chi connectivity index (χ2n) is 7.35. The molecular formula is C22H27N5OS. The largest absolute Gasteiger partial charge is 0.349 e. The summed E-state index contributed by atoms with van der Waals surface area (Å²) >= 11 is 1.33. The van der Waals surface area contributed by atoms with E-state index in [-0.39, 0.29) is 17.7 Å². The van der Waals surface area contributed by atoms with Crippen LogP contribution in [-0.4, -0.2) is 31.9 Å². The Morgan fingerprint density at radius 2 is 1.72 bits per heavy atom. The van der Waals surface area contributed by atoms with Crippen molar-refractivity contribution in [1.29, 1.82) is 0 Å². The molecule has 1 heterocycles. The molecule has 0 aliphatic carbocycles. The Hall–Kier alpha value is -2.67. The van der Waals surface area contributed by atoms with E-state index in [1.54, 1.807) is 4.68 Å². The first kappa shape index (κ1) is 21.0. The summed E-state index contributed by atoms with van der Waals surface area (Å²) in [5.41, 5.74) is 4.47. The maximum atomic E-state index is 12.5. The zero-order chi connectivity index (χ0) is 20.8. The lowest BCUT2D eigenvalue weighted by atomic mass is 10.0. The number of carbonyl (C=O) groups excluding carboxylic acids is 1. The van der Waals surface area contributed by atoms with Gasteiger partial charge in [0.1, 0.15) is 0 Å². The molecule has 0 radical (unpaired) electrons. The van der Waals surface area contributed by atoms with E-state index in [0.29, 0.717) is 11.1 Å². The number of benzene rings is 2. The number of amides is 1. The van der Waals surface area contributed by atoms with Crippen LogP contribution >= 0.6 is 11.8 Å². The first-order valence-corrected chi connectivity index (χ1v) is 10.8. The van der Waals surface area contributed by atoms with Crippen LogP contribution in [0.15, 0.2) is 53.7 Å². The van der Waals surface area contributed by atoms with Gasteiger partial charge in [0.05, 0.1) is 17.5 Å². The van der Waals surface area contributed by atoms with Crippen molar-refractivity contribution in [2.45, 2.75) is 51.2 Å². The third-order valence-corrected chi connectivity index (χ3v) is 5.72. The molecule has 6 nitrogen and oxygen atoms in total. The van der Waals surface area contributed by atoms with E-state index in [0.717, 1.165) is 17.7 Å². The SMILES string of the molecule is CC[C@H](NC(=O)CSc1nnnn1-c1ccc(C(C)C)cc1)c1ccc(C)cc1. The molecular weight excluding hydrogens is 382 g/mol. The summed E-state index contributed by atoms with van der Waals surface area (Å²) in [5.74, 6) is 0.690. The second-order valence-corrected chi connectivity index (χ2v) is 8.29. The number of thioether (sulfide) groups is 1. The van der Waals surface area contributed by atoms with E-state index >= 15 is 0 Å². The fourth-order valence-corrected chi connectivity index (χ4v) is 3.72. The number of hydrogen-bond acceptors (Lipinski definition) is 5. The summed E-state index contributed by atoms with van der Waals surface area (Å²) < 4.78 is 1.67. The smallest absolute Gasteiger partial charge is 0.230 e. The summed E-state index contributed by atoms with van der Waals surface area (Å²) in [6, 6.07) is 16.4. The minimum atomic E-state index is -0.0351. The number of rotatable bonds is 8. The van der Waals surface area contributed by atoms with Crippen LogP contribution in [-0.2, 0) is 4.79 Å². The Kier molecular flexibility index (Phi) is 7.04. The molecule has 1 atom stereocenters. The highest BCUT2D eigenvalue weighted by atomic mass is 32.2. The Morgan fingerprint density at radius 1 is 1.07 bits per heavy atom. The van der Waals surface area contributed by atoms with E-state index in [1.165, 1.54) is 22.9 Å². The van der Waals surface area contributed by atoms with Crippen LogP contribution in [0.4, 0.5) is 0 Å². The highest BCUT2D eigenvalue weighted by Gasteiger charge is 2.15. The molecule has 152 valence electrons. The molecule has 0 fully saturated rings. The Bertz CT molecular complexity index is 935. The van der Waals surface area contributed by atoms with E-state index in [4.69, 9.17) is 0 Å². The lowest BCUT2D eigenvalue weighted by molar-refractivity contribution is -0.119. The maximum Gasteiger partial charge on any atom is 0.230 e. The van der Waals surface area contributed by atoms with E-state index in [9.17, 15) is 4.79 Å². The zero-order valence-electron chi connectivity index (χ0n) is 17.3. The third kappa shape index (κ3) is 5.44. The standard InChI is InChI=1S/C22H27N5OS/c1-5-20(18-8-6-16(4)7-9-18)23-21(28)14-29-22-24-25-26-27(22)19-12-10-17(11-13-19)15(2)3/h6-13,15,20H,5,14H2,1-4H3,(H,23,28)/t20-/m0/s1. The number of nitrogens with zero attached hydrogens (tertiary/aromatic N) is 4. The number of carbonyl (C=O) groups is 1. The molecule has 7 heteroatoms. The maximum absolute atomic E-state index is 12.5. The summed E-state index contributed by atoms with van der Waals surface area (Å²) in [5, 5.41) is 15.6. The van der Waals surface area contributed by atoms with Crippen LogP contribution in [0.3, 0.4) is 0 Å². The lowest BCUT2D eigenvalue weighted by Gasteiger charge is -2.17. The monoisotopic (exact) mass is 409 g/mol. The van der Waals surface area contributed by atoms with E-state index in [1.807, 2.05) is 12.1 Å². The molecule has 0 saturated carbocycles. The third-order valence-electron chi connectivity index (χ3n) is 4.80. The van der Waals surface area contributed by atoms with Crippen molar-refractivity contribution in [2.24, 2.45) is 0 Å². The van der Waals surface area contributed by atoms with E-state index in [2.05, 4.69) is 84.9 Å². The molecule has 0 unspecified atom stereocenters. The molecule has 3 rings (SSSR count). The fourth-order valence-electron chi connectivity index (χ4n) is 3.02. The quantitative estimate of drug-likeness (QED) is 0.556. The van der Waals surface area contributed by atoms with Crippen molar-refractivity contribution in [3.8, 4) is 5.69 Å². The van der Waals surface area contributed by atoms with Gasteiger partial charge in [-0.3, -0.25) is 4.79 Å². The molecule has 2 aromatic carbocycles. The van der Waals surface area contributed by atoms with Gasteiger partial charge >= 0.3 is 0 Å². The first-order valence-electron chi connectivity index (χ1n) is 9.85. The predicted octanol–water partition coefficient (Wildman–Crippen LogP) is 4.45. The van der Waals surface area contributed by atoms with Gasteiger partial charge in [0.25, 0.3) is 0 Å². The van der Waals surface area contributed by atoms with Crippen LogP contribution < -0.4 is 5.32 Å². The van der Waals surface area contributed by atoms with Gasteiger partial charge in [-0.2, -0.15) is 4.68 Å². The van der Waals surface area contributed by atoms with Gasteiger partial charge in [-0.25, -0.2) is 0 Å². The van der Waals surface area contributed by atoms with Crippen LogP contribution in [0.1, 0.15) is 55.8 Å². The minimum absolute atomic E-state index is 0.00303. The van der Waals surface area contributed by atoms with Crippen molar-refractivity contribution in [3.63, 3.8) is 0 Å². The summed E-state index contributed by atoms with van der Waals surface area (Å²) in [4.78, 5) is 12.5. The topological polar surface area (TPSA) is 72.7 Å². The van der Waals surface area contributed by atoms with Crippen molar-refractivity contribution in [2.75, 3.05) is 5.75 Å². The fraction of sp³-hybridized carbons (Fsp3) is 0.364. The first-order chi connectivity index (χ1) is 14.0. The van der Waals surface area contributed by atoms with E-state index < -0.39 is 0 Å². The lowest BCUT2D eigenvalue weighted by Crippen LogP contribution is -2.29. The molecule has 0 aliphatic rings. The normalized spacial score (nSPS) is 12.2. The summed E-state index contributed by atoms with van der Waals surface area (Å²) in [7, 11) is 0. The molecule has 3 aromatic rings. The molecule has 29 heavy (non-hydrogen) atoms. The number of nitrogens with one attached hydrogen (secondary N) is 1. The molecule has 1 amide bonds. The molecule has 0 saturated heterocycles. The highest BCUT2D eigenvalue weighted by Crippen LogP contribution is 2.22. The van der Waals surface area contributed by atoms with Gasteiger partial charge in [0.2, 0.25) is 11.1 Å². The molecule has 0 aliphatic heterocycles. The average molecular weight is 410 g/mol. The average Bonchev–Trinajstić information content (AvgIpc) is 3.20. The second kappa shape index (κ2) is 9.69. The van der Waals surface area contributed by atoms with Gasteiger partial charge in [0.15, 0.2) is 0 Å². The Morgan fingerprint density at radius 3 is 2.34 bits per heavy atom. The van der Waals surface area contributed by atoms with Gasteiger partial charge in [-0.1, -0.05) is 74.5 Å².